The zero-order chi connectivity index (χ0) is 24.6. The van der Waals surface area contributed by atoms with Crippen LogP contribution in [0.15, 0.2) is 36.4 Å². The number of fused-ring (bicyclic) bond motifs is 2. The number of likely N-dealkylation sites (tertiary alicyclic amines) is 1. The van der Waals surface area contributed by atoms with Gasteiger partial charge in [0.2, 0.25) is 0 Å². The van der Waals surface area contributed by atoms with Gasteiger partial charge in [-0.1, -0.05) is 24.3 Å². The number of phenols is 1. The molecule has 0 bridgehead atoms. The molecule has 2 saturated heterocycles. The van der Waals surface area contributed by atoms with Crippen LogP contribution in [0.1, 0.15) is 31.0 Å². The van der Waals surface area contributed by atoms with Crippen molar-refractivity contribution < 1.29 is 9.84 Å². The zero-order valence-electron chi connectivity index (χ0n) is 21.3. The Kier molecular flexibility index (Phi) is 6.31. The van der Waals surface area contributed by atoms with Gasteiger partial charge in [0.05, 0.1) is 12.2 Å². The van der Waals surface area contributed by atoms with Crippen LogP contribution in [0.5, 0.6) is 11.8 Å². The lowest BCUT2D eigenvalue weighted by atomic mass is 10.0. The highest BCUT2D eigenvalue weighted by Crippen LogP contribution is 2.36. The second-order valence-corrected chi connectivity index (χ2v) is 10.4. The maximum atomic E-state index is 10.4. The molecule has 0 saturated carbocycles. The fourth-order valence-corrected chi connectivity index (χ4v) is 6.10. The Balaban J connectivity index is 1.35. The standard InChI is InChI=1S/C28H36N6O2/c1-19(25-8-5-12-32(25)2)36-28-30-24-18-34(26-17-21(35)16-20-6-3-4-7-22(20)26)13-9-23(24)27(31-28)33-14-10-29-11-15-33/h3-4,6-7,16-17,19,25,29,35H,5,8-15,18H2,1-2H3/t19-,25-/m1/s1. The monoisotopic (exact) mass is 488 g/mol. The van der Waals surface area contributed by atoms with E-state index in [1.54, 1.807) is 0 Å². The highest BCUT2D eigenvalue weighted by Gasteiger charge is 2.31. The van der Waals surface area contributed by atoms with E-state index in [4.69, 9.17) is 14.7 Å². The third-order valence-corrected chi connectivity index (χ3v) is 8.01. The number of ether oxygens (including phenoxy) is 1. The zero-order valence-corrected chi connectivity index (χ0v) is 21.3. The number of aromatic nitrogens is 2. The van der Waals surface area contributed by atoms with Crippen LogP contribution in [0.2, 0.25) is 0 Å². The van der Waals surface area contributed by atoms with E-state index in [9.17, 15) is 5.11 Å². The van der Waals surface area contributed by atoms with E-state index >= 15 is 0 Å². The molecule has 2 atom stereocenters. The molecule has 3 aliphatic heterocycles. The lowest BCUT2D eigenvalue weighted by molar-refractivity contribution is 0.111. The molecular formula is C28H36N6O2. The summed E-state index contributed by atoms with van der Waals surface area (Å²) in [5.41, 5.74) is 3.30. The first-order valence-corrected chi connectivity index (χ1v) is 13.3. The molecule has 6 rings (SSSR count). The molecule has 0 unspecified atom stereocenters. The molecule has 36 heavy (non-hydrogen) atoms. The van der Waals surface area contributed by atoms with Gasteiger partial charge in [-0.15, -0.1) is 0 Å². The Hall–Kier alpha value is -3.10. The van der Waals surface area contributed by atoms with Gasteiger partial charge in [-0.2, -0.15) is 9.97 Å². The van der Waals surface area contributed by atoms with Gasteiger partial charge in [0, 0.05) is 61.5 Å². The molecule has 0 amide bonds. The number of nitrogens with one attached hydrogen (secondary N) is 1. The van der Waals surface area contributed by atoms with Crippen molar-refractivity contribution in [3.8, 4) is 11.8 Å². The van der Waals surface area contributed by atoms with Crippen molar-refractivity contribution in [2.24, 2.45) is 0 Å². The molecule has 2 aromatic carbocycles. The van der Waals surface area contributed by atoms with E-state index in [-0.39, 0.29) is 11.9 Å². The molecule has 0 radical (unpaired) electrons. The SMILES string of the molecule is C[C@@H](Oc1nc2c(c(N3CCNCC3)n1)CCN(c1cc(O)cc3ccccc13)C2)[C@H]1CCCN1C. The minimum Gasteiger partial charge on any atom is -0.508 e. The largest absolute Gasteiger partial charge is 0.508 e. The van der Waals surface area contributed by atoms with Crippen LogP contribution in [-0.4, -0.2) is 78.4 Å². The van der Waals surface area contributed by atoms with Gasteiger partial charge in [-0.25, -0.2) is 0 Å². The maximum Gasteiger partial charge on any atom is 0.318 e. The third-order valence-electron chi connectivity index (χ3n) is 8.01. The predicted octanol–water partition coefficient (Wildman–Crippen LogP) is 3.17. The van der Waals surface area contributed by atoms with Crippen LogP contribution in [0.25, 0.3) is 10.8 Å². The summed E-state index contributed by atoms with van der Waals surface area (Å²) in [7, 11) is 2.18. The molecule has 2 N–H and O–H groups in total. The summed E-state index contributed by atoms with van der Waals surface area (Å²) < 4.78 is 6.43. The molecule has 2 fully saturated rings. The van der Waals surface area contributed by atoms with Crippen LogP contribution in [0.3, 0.4) is 0 Å². The smallest absolute Gasteiger partial charge is 0.318 e. The first-order chi connectivity index (χ1) is 17.6. The average Bonchev–Trinajstić information content (AvgIpc) is 3.34. The van der Waals surface area contributed by atoms with Gasteiger partial charge in [-0.05, 0) is 51.2 Å². The van der Waals surface area contributed by atoms with E-state index in [0.29, 0.717) is 18.6 Å². The van der Waals surface area contributed by atoms with E-state index in [0.717, 1.165) is 80.1 Å². The number of rotatable bonds is 5. The lowest BCUT2D eigenvalue weighted by Crippen LogP contribution is -2.45. The van der Waals surface area contributed by atoms with Crippen molar-refractivity contribution in [3.63, 3.8) is 0 Å². The van der Waals surface area contributed by atoms with Gasteiger partial charge < -0.3 is 25.0 Å². The van der Waals surface area contributed by atoms with Crippen LogP contribution in [-0.2, 0) is 13.0 Å². The number of hydrogen-bond donors (Lipinski definition) is 2. The van der Waals surface area contributed by atoms with Crippen LogP contribution >= 0.6 is 0 Å². The highest BCUT2D eigenvalue weighted by atomic mass is 16.5. The first kappa shape index (κ1) is 23.3. The third kappa shape index (κ3) is 4.44. The Bertz CT molecular complexity index is 1240. The summed E-state index contributed by atoms with van der Waals surface area (Å²) in [6, 6.07) is 12.8. The second kappa shape index (κ2) is 9.75. The molecule has 190 valence electrons. The quantitative estimate of drug-likeness (QED) is 0.567. The predicted molar refractivity (Wildman–Crippen MR) is 143 cm³/mol. The number of likely N-dealkylation sites (N-methyl/N-ethyl adjacent to an activating group) is 1. The van der Waals surface area contributed by atoms with Crippen molar-refractivity contribution >= 4 is 22.3 Å². The Morgan fingerprint density at radius 1 is 1.06 bits per heavy atom. The van der Waals surface area contributed by atoms with Crippen molar-refractivity contribution in [1.29, 1.82) is 0 Å². The fraction of sp³-hybridized carbons (Fsp3) is 0.500. The van der Waals surface area contributed by atoms with E-state index in [1.165, 1.54) is 12.0 Å². The summed E-state index contributed by atoms with van der Waals surface area (Å²) in [5.74, 6) is 1.32. The molecular weight excluding hydrogens is 452 g/mol. The lowest BCUT2D eigenvalue weighted by Gasteiger charge is -2.36. The Morgan fingerprint density at radius 2 is 1.89 bits per heavy atom. The van der Waals surface area contributed by atoms with Gasteiger partial charge in [0.15, 0.2) is 0 Å². The van der Waals surface area contributed by atoms with E-state index < -0.39 is 0 Å². The van der Waals surface area contributed by atoms with Crippen LogP contribution < -0.4 is 19.9 Å². The number of nitrogens with zero attached hydrogens (tertiary/aromatic N) is 5. The number of phenolic OH excluding ortho intramolecular Hbond substituents is 1. The van der Waals surface area contributed by atoms with Gasteiger partial charge in [0.25, 0.3) is 0 Å². The highest BCUT2D eigenvalue weighted by molar-refractivity contribution is 5.95. The molecule has 3 aliphatic rings. The van der Waals surface area contributed by atoms with Crippen molar-refractivity contribution in [1.82, 2.24) is 20.2 Å². The molecule has 1 aromatic heterocycles. The van der Waals surface area contributed by atoms with Crippen LogP contribution in [0.4, 0.5) is 11.5 Å². The molecule has 4 heterocycles. The molecule has 8 heteroatoms. The van der Waals surface area contributed by atoms with Gasteiger partial charge in [-0.3, -0.25) is 4.90 Å². The summed E-state index contributed by atoms with van der Waals surface area (Å²) in [6.45, 7) is 8.56. The number of aromatic hydroxyl groups is 1. The number of anilines is 2. The Morgan fingerprint density at radius 3 is 2.69 bits per heavy atom. The topological polar surface area (TPSA) is 77.0 Å². The second-order valence-electron chi connectivity index (χ2n) is 10.4. The molecule has 0 aliphatic carbocycles. The van der Waals surface area contributed by atoms with Crippen LogP contribution in [0, 0.1) is 0 Å². The molecule has 8 nitrogen and oxygen atoms in total. The van der Waals surface area contributed by atoms with Gasteiger partial charge in [0.1, 0.15) is 17.7 Å². The summed E-state index contributed by atoms with van der Waals surface area (Å²) in [4.78, 5) is 17.1. The summed E-state index contributed by atoms with van der Waals surface area (Å²) in [5, 5.41) is 16.1. The normalized spacial score (nSPS) is 21.6. The molecule has 0 spiro atoms. The fourth-order valence-electron chi connectivity index (χ4n) is 6.10. The first-order valence-electron chi connectivity index (χ1n) is 13.3. The minimum atomic E-state index is 0.0288. The minimum absolute atomic E-state index is 0.0288. The summed E-state index contributed by atoms with van der Waals surface area (Å²) >= 11 is 0. The van der Waals surface area contributed by atoms with Crippen molar-refractivity contribution in [3.05, 3.63) is 47.7 Å². The number of piperazine rings is 1. The summed E-state index contributed by atoms with van der Waals surface area (Å²) in [6.07, 6.45) is 3.24. The number of hydrogen-bond acceptors (Lipinski definition) is 8. The van der Waals surface area contributed by atoms with E-state index in [2.05, 4.69) is 52.2 Å². The number of benzene rings is 2. The van der Waals surface area contributed by atoms with Gasteiger partial charge >= 0.3 is 6.01 Å². The van der Waals surface area contributed by atoms with Crippen molar-refractivity contribution in [2.75, 3.05) is 56.1 Å². The Labute approximate surface area is 212 Å². The average molecular weight is 489 g/mol. The molecule has 3 aromatic rings. The van der Waals surface area contributed by atoms with Crippen molar-refractivity contribution in [2.45, 2.75) is 44.9 Å². The van der Waals surface area contributed by atoms with E-state index in [1.807, 2.05) is 18.2 Å². The maximum absolute atomic E-state index is 10.4.